The smallest absolute Gasteiger partial charge is 0.293 e. The fraction of sp³-hybridized carbons (Fsp3) is 0.611. The Hall–Kier alpha value is -2.15. The van der Waals surface area contributed by atoms with Gasteiger partial charge in [-0.3, -0.25) is 19.8 Å². The van der Waals surface area contributed by atoms with Gasteiger partial charge in [-0.2, -0.15) is 0 Å². The van der Waals surface area contributed by atoms with Crippen molar-refractivity contribution in [3.63, 3.8) is 0 Å². The molecule has 1 atom stereocenters. The van der Waals surface area contributed by atoms with E-state index in [0.29, 0.717) is 23.8 Å². The molecule has 0 aliphatic carbocycles. The minimum Gasteiger partial charge on any atom is -0.366 e. The van der Waals surface area contributed by atoms with Crippen molar-refractivity contribution in [2.75, 3.05) is 37.6 Å². The summed E-state index contributed by atoms with van der Waals surface area (Å²) in [7, 11) is 0. The molecule has 0 saturated carbocycles. The van der Waals surface area contributed by atoms with E-state index in [9.17, 15) is 14.9 Å². The number of benzene rings is 1. The van der Waals surface area contributed by atoms with Crippen molar-refractivity contribution in [3.8, 4) is 0 Å². The number of anilines is 1. The highest BCUT2D eigenvalue weighted by Crippen LogP contribution is 2.31. The van der Waals surface area contributed by atoms with Crippen LogP contribution in [0.1, 0.15) is 43.0 Å². The molecule has 2 saturated heterocycles. The Morgan fingerprint density at radius 2 is 2.04 bits per heavy atom. The zero-order chi connectivity index (χ0) is 17.8. The molecule has 2 aliphatic heterocycles. The van der Waals surface area contributed by atoms with E-state index >= 15 is 0 Å². The molecule has 1 N–H and O–H groups in total. The molecular weight excluding hydrogens is 320 g/mol. The first-order chi connectivity index (χ1) is 12.1. The van der Waals surface area contributed by atoms with E-state index in [1.165, 1.54) is 6.07 Å². The maximum atomic E-state index is 12.4. The highest BCUT2D eigenvalue weighted by atomic mass is 16.6. The van der Waals surface area contributed by atoms with Gasteiger partial charge in [-0.25, -0.2) is 0 Å². The lowest BCUT2D eigenvalue weighted by Crippen LogP contribution is -2.40. The van der Waals surface area contributed by atoms with Crippen LogP contribution in [0.4, 0.5) is 11.4 Å². The number of nitrogens with zero attached hydrogens (tertiary/aromatic N) is 3. The predicted octanol–water partition coefficient (Wildman–Crippen LogP) is 2.41. The number of amides is 1. The van der Waals surface area contributed by atoms with Crippen LogP contribution in [0.5, 0.6) is 0 Å². The molecule has 7 nitrogen and oxygen atoms in total. The molecular formula is C18H26N4O3. The topological polar surface area (TPSA) is 78.7 Å². The summed E-state index contributed by atoms with van der Waals surface area (Å²) in [5.74, 6) is -0.237. The zero-order valence-electron chi connectivity index (χ0n) is 14.7. The second kappa shape index (κ2) is 7.82. The number of nitro groups is 1. The largest absolute Gasteiger partial charge is 0.366 e. The van der Waals surface area contributed by atoms with Crippen molar-refractivity contribution in [2.24, 2.45) is 0 Å². The van der Waals surface area contributed by atoms with Gasteiger partial charge in [0, 0.05) is 37.3 Å². The van der Waals surface area contributed by atoms with E-state index in [1.807, 2.05) is 4.90 Å². The molecule has 1 unspecified atom stereocenters. The average molecular weight is 346 g/mol. The van der Waals surface area contributed by atoms with Crippen LogP contribution in [-0.4, -0.2) is 54.5 Å². The van der Waals surface area contributed by atoms with Crippen LogP contribution < -0.4 is 10.2 Å². The lowest BCUT2D eigenvalue weighted by molar-refractivity contribution is -0.384. The molecule has 7 heteroatoms. The van der Waals surface area contributed by atoms with E-state index in [-0.39, 0.29) is 16.5 Å². The number of likely N-dealkylation sites (tertiary alicyclic amines) is 1. The van der Waals surface area contributed by atoms with Crippen LogP contribution in [0.3, 0.4) is 0 Å². The van der Waals surface area contributed by atoms with Crippen LogP contribution in [0.2, 0.25) is 0 Å². The Bertz CT molecular complexity index is 643. The Morgan fingerprint density at radius 3 is 2.72 bits per heavy atom. The molecule has 1 amide bonds. The number of rotatable bonds is 6. The van der Waals surface area contributed by atoms with E-state index < -0.39 is 0 Å². The fourth-order valence-electron chi connectivity index (χ4n) is 3.89. The van der Waals surface area contributed by atoms with Gasteiger partial charge in [0.05, 0.1) is 4.92 Å². The Kier molecular flexibility index (Phi) is 5.53. The fourth-order valence-corrected chi connectivity index (χ4v) is 3.89. The summed E-state index contributed by atoms with van der Waals surface area (Å²) in [6.45, 7) is 6.44. The van der Waals surface area contributed by atoms with Crippen LogP contribution in [-0.2, 0) is 0 Å². The molecule has 0 radical (unpaired) electrons. The van der Waals surface area contributed by atoms with Gasteiger partial charge in [-0.1, -0.05) is 6.92 Å². The van der Waals surface area contributed by atoms with E-state index in [0.717, 1.165) is 51.9 Å². The number of nitro benzene ring substituents is 1. The third kappa shape index (κ3) is 3.92. The highest BCUT2D eigenvalue weighted by Gasteiger charge is 2.25. The second-order valence-electron chi connectivity index (χ2n) is 6.79. The number of likely N-dealkylation sites (N-methyl/N-ethyl adjacent to an activating group) is 1. The minimum absolute atomic E-state index is 0.0191. The van der Waals surface area contributed by atoms with Crippen molar-refractivity contribution in [2.45, 2.75) is 38.6 Å². The minimum atomic E-state index is -0.389. The van der Waals surface area contributed by atoms with Crippen molar-refractivity contribution in [1.82, 2.24) is 10.2 Å². The summed E-state index contributed by atoms with van der Waals surface area (Å²) in [5.41, 5.74) is 0.994. The third-order valence-electron chi connectivity index (χ3n) is 5.28. The quantitative estimate of drug-likeness (QED) is 0.632. The molecule has 0 aromatic heterocycles. The number of carbonyl (C=O) groups is 1. The van der Waals surface area contributed by atoms with Crippen molar-refractivity contribution < 1.29 is 9.72 Å². The van der Waals surface area contributed by atoms with Gasteiger partial charge in [-0.15, -0.1) is 0 Å². The van der Waals surface area contributed by atoms with Crippen molar-refractivity contribution in [3.05, 3.63) is 33.9 Å². The Labute approximate surface area is 148 Å². The Morgan fingerprint density at radius 1 is 1.28 bits per heavy atom. The Balaban J connectivity index is 1.70. The normalized spacial score (nSPS) is 20.8. The first-order valence-corrected chi connectivity index (χ1v) is 9.15. The lowest BCUT2D eigenvalue weighted by Gasteiger charge is -2.23. The van der Waals surface area contributed by atoms with Gasteiger partial charge in [0.1, 0.15) is 5.69 Å². The maximum Gasteiger partial charge on any atom is 0.293 e. The first kappa shape index (κ1) is 17.7. The number of hydrogen-bond donors (Lipinski definition) is 1. The summed E-state index contributed by atoms with van der Waals surface area (Å²) in [5, 5.41) is 14.4. The summed E-state index contributed by atoms with van der Waals surface area (Å²) < 4.78 is 0. The van der Waals surface area contributed by atoms with Crippen LogP contribution >= 0.6 is 0 Å². The third-order valence-corrected chi connectivity index (χ3v) is 5.28. The monoisotopic (exact) mass is 346 g/mol. The van der Waals surface area contributed by atoms with Crippen LogP contribution in [0.25, 0.3) is 0 Å². The molecule has 3 rings (SSSR count). The van der Waals surface area contributed by atoms with Gasteiger partial charge in [0.15, 0.2) is 0 Å². The average Bonchev–Trinajstić information content (AvgIpc) is 3.30. The summed E-state index contributed by atoms with van der Waals surface area (Å²) >= 11 is 0. The molecule has 2 heterocycles. The molecule has 1 aromatic carbocycles. The first-order valence-electron chi connectivity index (χ1n) is 9.15. The number of hydrogen-bond acceptors (Lipinski definition) is 5. The summed E-state index contributed by atoms with van der Waals surface area (Å²) in [6, 6.07) is 5.19. The molecule has 2 fully saturated rings. The standard InChI is InChI=1S/C18H26N4O3/c1-2-20-11-5-6-15(20)13-19-18(23)14-7-8-16(17(12-14)22(24)25)21-9-3-4-10-21/h7-8,12,15H,2-6,9-11,13H2,1H3,(H,19,23). The zero-order valence-corrected chi connectivity index (χ0v) is 14.7. The van der Waals surface area contributed by atoms with Crippen LogP contribution in [0.15, 0.2) is 18.2 Å². The molecule has 136 valence electrons. The lowest BCUT2D eigenvalue weighted by atomic mass is 10.1. The molecule has 25 heavy (non-hydrogen) atoms. The highest BCUT2D eigenvalue weighted by molar-refractivity contribution is 5.95. The number of carbonyl (C=O) groups excluding carboxylic acids is 1. The van der Waals surface area contributed by atoms with E-state index in [1.54, 1.807) is 12.1 Å². The van der Waals surface area contributed by atoms with Crippen molar-refractivity contribution in [1.29, 1.82) is 0 Å². The summed E-state index contributed by atoms with van der Waals surface area (Å²) in [4.78, 5) is 27.9. The SMILES string of the molecule is CCN1CCCC1CNC(=O)c1ccc(N2CCCC2)c([N+](=O)[O-])c1. The van der Waals surface area contributed by atoms with Gasteiger partial charge in [-0.05, 0) is 50.9 Å². The van der Waals surface area contributed by atoms with E-state index in [4.69, 9.17) is 0 Å². The molecule has 0 bridgehead atoms. The summed E-state index contributed by atoms with van der Waals surface area (Å²) in [6.07, 6.45) is 4.34. The van der Waals surface area contributed by atoms with Gasteiger partial charge >= 0.3 is 0 Å². The van der Waals surface area contributed by atoms with Crippen LogP contribution in [0, 0.1) is 10.1 Å². The molecule has 2 aliphatic rings. The van der Waals surface area contributed by atoms with Crippen molar-refractivity contribution >= 4 is 17.3 Å². The second-order valence-corrected chi connectivity index (χ2v) is 6.79. The number of nitrogens with one attached hydrogen (secondary N) is 1. The molecule has 1 aromatic rings. The van der Waals surface area contributed by atoms with Gasteiger partial charge in [0.25, 0.3) is 11.6 Å². The van der Waals surface area contributed by atoms with Gasteiger partial charge in [0.2, 0.25) is 0 Å². The van der Waals surface area contributed by atoms with Gasteiger partial charge < -0.3 is 10.2 Å². The molecule has 0 spiro atoms. The maximum absolute atomic E-state index is 12.4. The predicted molar refractivity (Wildman–Crippen MR) is 97.1 cm³/mol. The van der Waals surface area contributed by atoms with E-state index in [2.05, 4.69) is 17.1 Å².